The van der Waals surface area contributed by atoms with Crippen LogP contribution in [0.25, 0.3) is 0 Å². The number of esters is 1. The summed E-state index contributed by atoms with van der Waals surface area (Å²) in [6, 6.07) is 0.149. The number of methoxy groups -OCH3 is 1. The summed E-state index contributed by atoms with van der Waals surface area (Å²) < 4.78 is 24.8. The average Bonchev–Trinajstić information content (AvgIpc) is 3.12. The zero-order valence-electron chi connectivity index (χ0n) is 34.1. The number of aliphatic hydroxyl groups is 3. The lowest BCUT2D eigenvalue weighted by Crippen LogP contribution is -2.58. The van der Waals surface area contributed by atoms with Gasteiger partial charge in [0.05, 0.1) is 29.6 Å². The van der Waals surface area contributed by atoms with Crippen LogP contribution in [0.1, 0.15) is 106 Å². The highest BCUT2D eigenvalue weighted by Crippen LogP contribution is 2.37. The zero-order valence-corrected chi connectivity index (χ0v) is 34.1. The minimum absolute atomic E-state index is 0.115. The van der Waals surface area contributed by atoms with Gasteiger partial charge < -0.3 is 44.0 Å². The maximum atomic E-state index is 13.9. The lowest BCUT2D eigenvalue weighted by Gasteiger charge is -2.46. The van der Waals surface area contributed by atoms with Crippen LogP contribution >= 0.6 is 0 Å². The first kappa shape index (κ1) is 45.2. The van der Waals surface area contributed by atoms with Crippen molar-refractivity contribution in [3.8, 4) is 12.3 Å². The van der Waals surface area contributed by atoms with Crippen molar-refractivity contribution in [1.82, 2.24) is 9.80 Å². The molecule has 13 heteroatoms. The van der Waals surface area contributed by atoms with Crippen LogP contribution in [0.3, 0.4) is 0 Å². The highest BCUT2D eigenvalue weighted by atomic mass is 16.7. The fourth-order valence-electron chi connectivity index (χ4n) is 8.25. The van der Waals surface area contributed by atoms with Gasteiger partial charge in [0.15, 0.2) is 6.29 Å². The standard InChI is InChI=1S/C40H69N3O10/c1-13-15-20-43(11)30-21-25(4)50-38(35(30)45)52-33-22-31(44)26(5)37(47)51-32(14-2)40(8,48)36(46)27(6)34(24(3)23-39(33,7)49-12)41-53-29-18-16-28(17-19-29)42(9)10/h1,24-30,32-33,35-36,38,45-46,48H,14-23H2,2-12H3/b41-34+/t24-,25-,26-,27+,28?,29?,30+,32-,33-,35-,36-,38+,39-,40-/m1/s1. The monoisotopic (exact) mass is 751 g/mol. The van der Waals surface area contributed by atoms with Gasteiger partial charge >= 0.3 is 5.97 Å². The number of oxime groups is 1. The lowest BCUT2D eigenvalue weighted by molar-refractivity contribution is -0.290. The van der Waals surface area contributed by atoms with E-state index in [1.807, 2.05) is 32.7 Å². The average molecular weight is 752 g/mol. The molecule has 0 bridgehead atoms. The second-order valence-electron chi connectivity index (χ2n) is 16.5. The van der Waals surface area contributed by atoms with Gasteiger partial charge in [-0.3, -0.25) is 14.5 Å². The molecule has 53 heavy (non-hydrogen) atoms. The normalized spacial score (nSPS) is 41.9. The largest absolute Gasteiger partial charge is 0.459 e. The molecule has 0 aromatic heterocycles. The third-order valence-corrected chi connectivity index (χ3v) is 12.2. The van der Waals surface area contributed by atoms with E-state index in [2.05, 4.69) is 24.9 Å². The molecule has 0 aromatic rings. The van der Waals surface area contributed by atoms with Crippen molar-refractivity contribution < 1.29 is 48.7 Å². The molecule has 2 saturated heterocycles. The number of likely N-dealkylation sites (N-methyl/N-ethyl adjacent to an activating group) is 1. The summed E-state index contributed by atoms with van der Waals surface area (Å²) in [4.78, 5) is 37.8. The minimum atomic E-state index is -1.88. The van der Waals surface area contributed by atoms with Crippen LogP contribution < -0.4 is 0 Å². The molecule has 3 rings (SSSR count). The van der Waals surface area contributed by atoms with E-state index in [0.29, 0.717) is 31.1 Å². The molecule has 0 radical (unpaired) electrons. The van der Waals surface area contributed by atoms with Crippen molar-refractivity contribution in [2.24, 2.45) is 22.9 Å². The van der Waals surface area contributed by atoms with Crippen LogP contribution in [0.15, 0.2) is 5.16 Å². The highest BCUT2D eigenvalue weighted by Gasteiger charge is 2.50. The molecule has 3 fully saturated rings. The maximum Gasteiger partial charge on any atom is 0.316 e. The summed E-state index contributed by atoms with van der Waals surface area (Å²) in [6.07, 6.45) is 4.24. The molecule has 2 heterocycles. The van der Waals surface area contributed by atoms with Gasteiger partial charge in [-0.2, -0.15) is 0 Å². The van der Waals surface area contributed by atoms with Crippen molar-refractivity contribution in [2.75, 3.05) is 34.8 Å². The van der Waals surface area contributed by atoms with Crippen molar-refractivity contribution in [1.29, 1.82) is 0 Å². The molecule has 13 nitrogen and oxygen atoms in total. The molecular weight excluding hydrogens is 682 g/mol. The number of carbonyl (C=O) groups excluding carboxylic acids is 2. The number of rotatable bonds is 10. The summed E-state index contributed by atoms with van der Waals surface area (Å²) in [7, 11) is 7.58. The van der Waals surface area contributed by atoms with Crippen molar-refractivity contribution in [3.63, 3.8) is 0 Å². The van der Waals surface area contributed by atoms with E-state index in [1.165, 1.54) is 21.0 Å². The third-order valence-electron chi connectivity index (χ3n) is 12.2. The molecule has 3 N–H and O–H groups in total. The number of ketones is 1. The predicted molar refractivity (Wildman–Crippen MR) is 202 cm³/mol. The number of aliphatic hydroxyl groups excluding tert-OH is 2. The molecule has 0 amide bonds. The first-order valence-corrected chi connectivity index (χ1v) is 19.5. The number of nitrogens with zero attached hydrogens (tertiary/aromatic N) is 3. The van der Waals surface area contributed by atoms with Crippen LogP contribution in [0.2, 0.25) is 0 Å². The Morgan fingerprint density at radius 2 is 1.70 bits per heavy atom. The van der Waals surface area contributed by atoms with E-state index in [-0.39, 0.29) is 37.5 Å². The second kappa shape index (κ2) is 19.6. The fourth-order valence-corrected chi connectivity index (χ4v) is 8.25. The van der Waals surface area contributed by atoms with Crippen molar-refractivity contribution in [2.45, 2.75) is 172 Å². The molecule has 2 aliphatic heterocycles. The van der Waals surface area contributed by atoms with Crippen molar-refractivity contribution >= 4 is 17.5 Å². The summed E-state index contributed by atoms with van der Waals surface area (Å²) in [5.41, 5.74) is -2.59. The second-order valence-corrected chi connectivity index (χ2v) is 16.5. The molecule has 1 saturated carbocycles. The van der Waals surface area contributed by atoms with Crippen LogP contribution in [-0.2, 0) is 33.4 Å². The van der Waals surface area contributed by atoms with Crippen LogP contribution in [0.5, 0.6) is 0 Å². The van der Waals surface area contributed by atoms with Gasteiger partial charge in [-0.1, -0.05) is 25.9 Å². The Labute approximate surface area is 318 Å². The summed E-state index contributed by atoms with van der Waals surface area (Å²) in [6.45, 7) is 12.6. The quantitative estimate of drug-likeness (QED) is 0.129. The van der Waals surface area contributed by atoms with E-state index in [9.17, 15) is 24.9 Å². The number of hydrogen-bond acceptors (Lipinski definition) is 13. The number of Topliss-reactive ketones (excluding diaryl/α,β-unsaturated/α-hetero) is 1. The molecule has 0 unspecified atom stereocenters. The predicted octanol–water partition coefficient (Wildman–Crippen LogP) is 3.55. The summed E-state index contributed by atoms with van der Waals surface area (Å²) in [5, 5.41) is 39.9. The Morgan fingerprint density at radius 3 is 2.26 bits per heavy atom. The van der Waals surface area contributed by atoms with Gasteiger partial charge in [0.1, 0.15) is 35.6 Å². The lowest BCUT2D eigenvalue weighted by atomic mass is 9.75. The number of hydrogen-bond donors (Lipinski definition) is 3. The molecule has 0 aromatic carbocycles. The maximum absolute atomic E-state index is 13.9. The Kier molecular flexibility index (Phi) is 16.8. The molecular formula is C40H69N3O10. The molecule has 0 spiro atoms. The Hall–Kier alpha value is -2.15. The minimum Gasteiger partial charge on any atom is -0.459 e. The van der Waals surface area contributed by atoms with E-state index < -0.39 is 71.4 Å². The first-order valence-electron chi connectivity index (χ1n) is 19.5. The highest BCUT2D eigenvalue weighted by molar-refractivity contribution is 5.99. The molecule has 304 valence electrons. The zero-order chi connectivity index (χ0) is 39.8. The Bertz CT molecular complexity index is 1260. The number of ether oxygens (including phenoxy) is 4. The van der Waals surface area contributed by atoms with Crippen molar-refractivity contribution in [3.05, 3.63) is 0 Å². The number of carbonyl (C=O) groups is 2. The third kappa shape index (κ3) is 11.2. The number of cyclic esters (lactones) is 1. The molecule has 12 atom stereocenters. The van der Waals surface area contributed by atoms with Gasteiger partial charge in [0.2, 0.25) is 0 Å². The fraction of sp³-hybridized carbons (Fsp3) is 0.875. The van der Waals surface area contributed by atoms with E-state index >= 15 is 0 Å². The van der Waals surface area contributed by atoms with Crippen LogP contribution in [-0.4, -0.2) is 144 Å². The van der Waals surface area contributed by atoms with Crippen LogP contribution in [0, 0.1) is 30.1 Å². The van der Waals surface area contributed by atoms with Gasteiger partial charge in [0, 0.05) is 50.4 Å². The van der Waals surface area contributed by atoms with E-state index in [4.69, 9.17) is 35.4 Å². The first-order chi connectivity index (χ1) is 24.8. The Morgan fingerprint density at radius 1 is 1.06 bits per heavy atom. The molecule has 3 aliphatic rings. The van der Waals surface area contributed by atoms with Gasteiger partial charge in [-0.25, -0.2) is 0 Å². The van der Waals surface area contributed by atoms with Gasteiger partial charge in [0.25, 0.3) is 0 Å². The molecule has 1 aliphatic carbocycles. The SMILES string of the molecule is C#CCCN(C)[C@H]1C[C@@H](C)O[C@@H](O[C@@H]2CC(=O)[C@@H](C)C(=O)O[C@H](CC)[C@@](C)(O)[C@H](O)[C@@H](C)/C(=N/OC3CCC(N(C)C)CC3)[C@H](C)C[C@@]2(C)OC)[C@@H]1O. The summed E-state index contributed by atoms with van der Waals surface area (Å²) >= 11 is 0. The van der Waals surface area contributed by atoms with Gasteiger partial charge in [-0.05, 0) is 93.8 Å². The summed E-state index contributed by atoms with van der Waals surface area (Å²) in [5.74, 6) is -1.02. The van der Waals surface area contributed by atoms with Gasteiger partial charge in [-0.15, -0.1) is 12.3 Å². The topological polar surface area (TPSA) is 160 Å². The smallest absolute Gasteiger partial charge is 0.316 e. The van der Waals surface area contributed by atoms with E-state index in [0.717, 1.165) is 25.7 Å². The number of terminal acetylenes is 1. The van der Waals surface area contributed by atoms with Crippen LogP contribution in [0.4, 0.5) is 0 Å². The Balaban J connectivity index is 2.06. The van der Waals surface area contributed by atoms with E-state index in [1.54, 1.807) is 13.8 Å².